The highest BCUT2D eigenvalue weighted by Gasteiger charge is 2.25. The van der Waals surface area contributed by atoms with E-state index in [1.807, 2.05) is 24.0 Å². The molecule has 22 heavy (non-hydrogen) atoms. The molecule has 0 radical (unpaired) electrons. The van der Waals surface area contributed by atoms with Crippen molar-refractivity contribution >= 4 is 27.8 Å². The number of nitrogens with zero attached hydrogens (tertiary/aromatic N) is 2. The molecule has 1 amide bonds. The SMILES string of the molecule is CCC(=O)N1CCC(NC(=NC)NCCc2ccc(Br)o2)C1. The summed E-state index contributed by atoms with van der Waals surface area (Å²) in [7, 11) is 1.75. The van der Waals surface area contributed by atoms with Crippen molar-refractivity contribution in [3.8, 4) is 0 Å². The molecule has 1 unspecified atom stereocenters. The van der Waals surface area contributed by atoms with Crippen molar-refractivity contribution in [3.63, 3.8) is 0 Å². The van der Waals surface area contributed by atoms with Crippen LogP contribution >= 0.6 is 15.9 Å². The third kappa shape index (κ3) is 4.76. The predicted molar refractivity (Wildman–Crippen MR) is 89.9 cm³/mol. The first-order valence-electron chi connectivity index (χ1n) is 7.61. The van der Waals surface area contributed by atoms with Crippen LogP contribution in [0.3, 0.4) is 0 Å². The van der Waals surface area contributed by atoms with E-state index in [-0.39, 0.29) is 11.9 Å². The zero-order chi connectivity index (χ0) is 15.9. The number of aliphatic imine (C=N–C) groups is 1. The first-order valence-corrected chi connectivity index (χ1v) is 8.40. The predicted octanol–water partition coefficient (Wildman–Crippen LogP) is 1.76. The third-order valence-electron chi connectivity index (χ3n) is 3.70. The lowest BCUT2D eigenvalue weighted by atomic mass is 10.3. The van der Waals surface area contributed by atoms with Crippen LogP contribution in [-0.2, 0) is 11.2 Å². The molecule has 1 aromatic heterocycles. The Hall–Kier alpha value is -1.50. The Bertz CT molecular complexity index is 529. The number of carbonyl (C=O) groups excluding carboxylic acids is 1. The van der Waals surface area contributed by atoms with Crippen LogP contribution in [0.4, 0.5) is 0 Å². The topological polar surface area (TPSA) is 69.9 Å². The van der Waals surface area contributed by atoms with Gasteiger partial charge in [0.25, 0.3) is 0 Å². The Morgan fingerprint density at radius 2 is 2.36 bits per heavy atom. The van der Waals surface area contributed by atoms with E-state index in [0.29, 0.717) is 6.42 Å². The Labute approximate surface area is 139 Å². The summed E-state index contributed by atoms with van der Waals surface area (Å²) < 4.78 is 6.20. The Morgan fingerprint density at radius 1 is 1.55 bits per heavy atom. The van der Waals surface area contributed by atoms with Crippen LogP contribution in [0, 0.1) is 0 Å². The molecule has 1 saturated heterocycles. The molecule has 1 aromatic rings. The standard InChI is InChI=1S/C15H23BrN4O2/c1-3-14(21)20-9-7-11(10-20)19-15(17-2)18-8-6-12-4-5-13(16)22-12/h4-5,11H,3,6-10H2,1-2H3,(H2,17,18,19). The van der Waals surface area contributed by atoms with Crippen LogP contribution in [0.2, 0.25) is 0 Å². The second-order valence-electron chi connectivity index (χ2n) is 5.28. The maximum atomic E-state index is 11.7. The van der Waals surface area contributed by atoms with E-state index in [4.69, 9.17) is 4.42 Å². The van der Waals surface area contributed by atoms with Gasteiger partial charge in [-0.2, -0.15) is 0 Å². The largest absolute Gasteiger partial charge is 0.454 e. The summed E-state index contributed by atoms with van der Waals surface area (Å²) >= 11 is 3.29. The molecule has 2 N–H and O–H groups in total. The molecule has 0 aliphatic carbocycles. The zero-order valence-electron chi connectivity index (χ0n) is 13.1. The van der Waals surface area contributed by atoms with Gasteiger partial charge in [-0.3, -0.25) is 9.79 Å². The van der Waals surface area contributed by atoms with Crippen molar-refractivity contribution in [2.24, 2.45) is 4.99 Å². The number of furan rings is 1. The van der Waals surface area contributed by atoms with Crippen molar-refractivity contribution in [2.45, 2.75) is 32.2 Å². The number of carbonyl (C=O) groups is 1. The number of amides is 1. The van der Waals surface area contributed by atoms with Crippen molar-refractivity contribution in [1.29, 1.82) is 0 Å². The minimum Gasteiger partial charge on any atom is -0.454 e. The van der Waals surface area contributed by atoms with Gasteiger partial charge in [0.2, 0.25) is 5.91 Å². The number of guanidine groups is 1. The summed E-state index contributed by atoms with van der Waals surface area (Å²) in [6.45, 7) is 4.21. The summed E-state index contributed by atoms with van der Waals surface area (Å²) in [5.41, 5.74) is 0. The Morgan fingerprint density at radius 3 is 3.00 bits per heavy atom. The minimum absolute atomic E-state index is 0.218. The molecule has 2 rings (SSSR count). The minimum atomic E-state index is 0.218. The lowest BCUT2D eigenvalue weighted by Gasteiger charge is -2.18. The van der Waals surface area contributed by atoms with Crippen LogP contribution in [0.5, 0.6) is 0 Å². The first kappa shape index (κ1) is 16.9. The quantitative estimate of drug-likeness (QED) is 0.611. The first-order chi connectivity index (χ1) is 10.6. The summed E-state index contributed by atoms with van der Waals surface area (Å²) in [5.74, 6) is 1.91. The molecule has 0 bridgehead atoms. The van der Waals surface area contributed by atoms with Crippen molar-refractivity contribution in [3.05, 3.63) is 22.6 Å². The molecule has 122 valence electrons. The molecule has 0 saturated carbocycles. The van der Waals surface area contributed by atoms with E-state index in [1.165, 1.54) is 0 Å². The second-order valence-corrected chi connectivity index (χ2v) is 6.06. The van der Waals surface area contributed by atoms with E-state index >= 15 is 0 Å². The summed E-state index contributed by atoms with van der Waals surface area (Å²) in [4.78, 5) is 17.8. The van der Waals surface area contributed by atoms with Crippen LogP contribution in [0.25, 0.3) is 0 Å². The van der Waals surface area contributed by atoms with Gasteiger partial charge >= 0.3 is 0 Å². The van der Waals surface area contributed by atoms with Crippen LogP contribution < -0.4 is 10.6 Å². The number of likely N-dealkylation sites (tertiary alicyclic amines) is 1. The van der Waals surface area contributed by atoms with Gasteiger partial charge in [0, 0.05) is 45.6 Å². The molecule has 0 aromatic carbocycles. The molecule has 0 spiro atoms. The molecule has 1 aliphatic rings. The van der Waals surface area contributed by atoms with Crippen molar-refractivity contribution in [2.75, 3.05) is 26.7 Å². The molecular formula is C15H23BrN4O2. The average molecular weight is 371 g/mol. The van der Waals surface area contributed by atoms with Crippen LogP contribution in [0.15, 0.2) is 26.2 Å². The molecular weight excluding hydrogens is 348 g/mol. The molecule has 1 atom stereocenters. The van der Waals surface area contributed by atoms with Crippen molar-refractivity contribution in [1.82, 2.24) is 15.5 Å². The van der Waals surface area contributed by atoms with Gasteiger partial charge in [-0.15, -0.1) is 0 Å². The number of hydrogen-bond donors (Lipinski definition) is 2. The van der Waals surface area contributed by atoms with Gasteiger partial charge in [-0.1, -0.05) is 6.92 Å². The van der Waals surface area contributed by atoms with E-state index in [0.717, 1.165) is 48.9 Å². The van der Waals surface area contributed by atoms with Gasteiger partial charge in [-0.25, -0.2) is 0 Å². The fraction of sp³-hybridized carbons (Fsp3) is 0.600. The van der Waals surface area contributed by atoms with Crippen molar-refractivity contribution < 1.29 is 9.21 Å². The zero-order valence-corrected chi connectivity index (χ0v) is 14.6. The fourth-order valence-electron chi connectivity index (χ4n) is 2.51. The highest BCUT2D eigenvalue weighted by Crippen LogP contribution is 2.14. The fourth-order valence-corrected chi connectivity index (χ4v) is 2.85. The van der Waals surface area contributed by atoms with Gasteiger partial charge in [-0.05, 0) is 34.5 Å². The van der Waals surface area contributed by atoms with Crippen LogP contribution in [0.1, 0.15) is 25.5 Å². The summed E-state index contributed by atoms with van der Waals surface area (Å²) in [5, 5.41) is 6.64. The maximum absolute atomic E-state index is 11.7. The second kappa shape index (κ2) is 8.22. The Balaban J connectivity index is 1.72. The van der Waals surface area contributed by atoms with Gasteiger partial charge in [0.1, 0.15) is 5.76 Å². The summed E-state index contributed by atoms with van der Waals surface area (Å²) in [6.07, 6.45) is 2.31. The molecule has 7 heteroatoms. The van der Waals surface area contributed by atoms with E-state index in [9.17, 15) is 4.79 Å². The number of nitrogens with one attached hydrogen (secondary N) is 2. The van der Waals surface area contributed by atoms with Crippen LogP contribution in [-0.4, -0.2) is 49.5 Å². The molecule has 6 nitrogen and oxygen atoms in total. The molecule has 1 aliphatic heterocycles. The number of halogens is 1. The monoisotopic (exact) mass is 370 g/mol. The maximum Gasteiger partial charge on any atom is 0.222 e. The molecule has 2 heterocycles. The van der Waals surface area contributed by atoms with Gasteiger partial charge in [0.15, 0.2) is 10.6 Å². The molecule has 1 fully saturated rings. The Kier molecular flexibility index (Phi) is 6.30. The smallest absolute Gasteiger partial charge is 0.222 e. The highest BCUT2D eigenvalue weighted by molar-refractivity contribution is 9.10. The third-order valence-corrected chi connectivity index (χ3v) is 4.13. The van der Waals surface area contributed by atoms with E-state index in [1.54, 1.807) is 7.05 Å². The average Bonchev–Trinajstić information content (AvgIpc) is 3.14. The number of hydrogen-bond acceptors (Lipinski definition) is 3. The van der Waals surface area contributed by atoms with E-state index in [2.05, 4.69) is 31.6 Å². The normalized spacial score (nSPS) is 18.6. The van der Waals surface area contributed by atoms with Gasteiger partial charge < -0.3 is 20.0 Å². The highest BCUT2D eigenvalue weighted by atomic mass is 79.9. The summed E-state index contributed by atoms with van der Waals surface area (Å²) in [6, 6.07) is 4.10. The number of rotatable bonds is 5. The lowest BCUT2D eigenvalue weighted by Crippen LogP contribution is -2.45. The van der Waals surface area contributed by atoms with Gasteiger partial charge in [0.05, 0.1) is 0 Å². The lowest BCUT2D eigenvalue weighted by molar-refractivity contribution is -0.129. The van der Waals surface area contributed by atoms with E-state index < -0.39 is 0 Å².